The number of halogens is 2. The van der Waals surface area contributed by atoms with Crippen LogP contribution in [0.25, 0.3) is 22.3 Å². The minimum absolute atomic E-state index is 1.03. The Morgan fingerprint density at radius 3 is 0.562 bits per heavy atom. The number of pyridine rings is 4. The second-order valence-electron chi connectivity index (χ2n) is 11.6. The first kappa shape index (κ1) is 42.5. The zero-order valence-corrected chi connectivity index (χ0v) is 30.8. The van der Waals surface area contributed by atoms with Gasteiger partial charge in [-0.2, -0.15) is 0 Å². The minimum atomic E-state index is -3.17. The van der Waals surface area contributed by atoms with Crippen LogP contribution in [0.1, 0.15) is 73.2 Å². The van der Waals surface area contributed by atoms with E-state index in [0.717, 1.165) is 26.2 Å². The molecule has 0 aliphatic carbocycles. The van der Waals surface area contributed by atoms with Gasteiger partial charge in [0, 0.05) is 104 Å². The Bertz CT molecular complexity index is 1320. The quantitative estimate of drug-likeness (QED) is 0.231. The van der Waals surface area contributed by atoms with E-state index in [1.54, 1.807) is 0 Å². The van der Waals surface area contributed by atoms with Crippen LogP contribution in [0, 0.1) is 55.4 Å². The smallest absolute Gasteiger partial charge is 0.179 e. The predicted molar refractivity (Wildman–Crippen MR) is 179 cm³/mol. The third kappa shape index (κ3) is 12.5. The molecule has 12 heteroatoms. The van der Waals surface area contributed by atoms with E-state index in [1.165, 1.54) is 67.8 Å². The lowest BCUT2D eigenvalue weighted by atomic mass is 10.0. The van der Waals surface area contributed by atoms with Gasteiger partial charge in [-0.05, 0) is 49.9 Å². The maximum atomic E-state index is 9.89. The van der Waals surface area contributed by atoms with E-state index in [4.69, 9.17) is 20.1 Å². The molecular formula is C36H52B2F2N4O4. The van der Waals surface area contributed by atoms with Crippen molar-refractivity contribution in [1.82, 2.24) is 0 Å². The van der Waals surface area contributed by atoms with E-state index in [0.29, 0.717) is 0 Å². The van der Waals surface area contributed by atoms with E-state index in [-0.39, 0.29) is 0 Å². The standard InChI is InChI=1S/2C18H26N2.2BFO2/c2*1-7-19-13(3)9-17(10-14(19)4)18-11-15(5)20(8-2)16(6)12-18;2*2-1(3)4/h2*9-12H,7-8H2,1-6H3;;/q2*+2;2*-2. The molecule has 0 aliphatic rings. The summed E-state index contributed by atoms with van der Waals surface area (Å²) >= 11 is 0. The van der Waals surface area contributed by atoms with Crippen LogP contribution < -0.4 is 38.4 Å². The molecule has 0 radical (unpaired) electrons. The lowest BCUT2D eigenvalue weighted by molar-refractivity contribution is -0.705. The Morgan fingerprint density at radius 2 is 0.479 bits per heavy atom. The van der Waals surface area contributed by atoms with Crippen molar-refractivity contribution in [1.29, 1.82) is 0 Å². The Labute approximate surface area is 287 Å². The molecule has 4 rings (SSSR count). The number of rotatable bonds is 6. The maximum absolute atomic E-state index is 9.89. The topological polar surface area (TPSA) is 108 Å². The maximum Gasteiger partial charge on any atom is 0.179 e. The van der Waals surface area contributed by atoms with Crippen molar-refractivity contribution < 1.29 is 47.0 Å². The molecular weight excluding hydrogens is 612 g/mol. The fraction of sp³-hybridized carbons (Fsp3) is 0.444. The summed E-state index contributed by atoms with van der Waals surface area (Å²) in [5.74, 6) is 0. The van der Waals surface area contributed by atoms with Gasteiger partial charge in [0.1, 0.15) is 41.0 Å². The molecule has 0 fully saturated rings. The van der Waals surface area contributed by atoms with Crippen LogP contribution in [0.3, 0.4) is 0 Å². The highest BCUT2D eigenvalue weighted by atomic mass is 19.1. The molecule has 0 aliphatic heterocycles. The van der Waals surface area contributed by atoms with Gasteiger partial charge in [0.2, 0.25) is 0 Å². The molecule has 0 N–H and O–H groups in total. The monoisotopic (exact) mass is 664 g/mol. The first-order valence-electron chi connectivity index (χ1n) is 16.4. The van der Waals surface area contributed by atoms with Crippen molar-refractivity contribution in [2.24, 2.45) is 0 Å². The summed E-state index contributed by atoms with van der Waals surface area (Å²) in [6.07, 6.45) is 0. The van der Waals surface area contributed by atoms with E-state index in [2.05, 4.69) is 150 Å². The van der Waals surface area contributed by atoms with E-state index < -0.39 is 14.8 Å². The highest BCUT2D eigenvalue weighted by Crippen LogP contribution is 2.22. The van der Waals surface area contributed by atoms with E-state index in [9.17, 15) is 8.63 Å². The van der Waals surface area contributed by atoms with Gasteiger partial charge in [-0.25, -0.2) is 18.3 Å². The number of hydrogen-bond acceptors (Lipinski definition) is 4. The molecule has 0 bridgehead atoms. The van der Waals surface area contributed by atoms with Gasteiger partial charge in [0.15, 0.2) is 45.6 Å². The summed E-state index contributed by atoms with van der Waals surface area (Å²) in [5.41, 5.74) is 15.9. The molecule has 0 amide bonds. The second kappa shape index (κ2) is 20.1. The van der Waals surface area contributed by atoms with Crippen molar-refractivity contribution in [3.05, 3.63) is 94.1 Å². The lowest BCUT2D eigenvalue weighted by Gasteiger charge is -2.09. The Hall–Kier alpha value is -3.57. The Kier molecular flexibility index (Phi) is 17.7. The molecule has 4 aromatic heterocycles. The van der Waals surface area contributed by atoms with Crippen LogP contribution in [0.2, 0.25) is 0 Å². The van der Waals surface area contributed by atoms with Crippen molar-refractivity contribution >= 4 is 14.8 Å². The molecule has 0 aromatic carbocycles. The normalized spacial score (nSPS) is 10.2. The molecule has 0 saturated heterocycles. The zero-order chi connectivity index (χ0) is 36.9. The Morgan fingerprint density at radius 1 is 0.375 bits per heavy atom. The van der Waals surface area contributed by atoms with Gasteiger partial charge in [0.25, 0.3) is 0 Å². The summed E-state index contributed by atoms with van der Waals surface area (Å²) in [6.45, 7) is 30.4. The SMILES string of the molecule is CC[n+]1c(C)cc(-c2cc(C)[n+](CC)c(C)c2)cc1C.CC[n+]1c(C)cc(-c2cc(C)[n+](CC)c(C)c2)cc1C.[O-]B([O-])F.[O-]B([O-])F. The highest BCUT2D eigenvalue weighted by molar-refractivity contribution is 6.27. The predicted octanol–water partition coefficient (Wildman–Crippen LogP) is 1.73. The number of aryl methyl sites for hydroxylation is 8. The van der Waals surface area contributed by atoms with Crippen molar-refractivity contribution in [2.75, 3.05) is 0 Å². The zero-order valence-electron chi connectivity index (χ0n) is 30.8. The molecule has 4 aromatic rings. The third-order valence-corrected chi connectivity index (χ3v) is 8.25. The third-order valence-electron chi connectivity index (χ3n) is 8.25. The van der Waals surface area contributed by atoms with Gasteiger partial charge in [-0.1, -0.05) is 0 Å². The van der Waals surface area contributed by atoms with E-state index in [1.807, 2.05) is 0 Å². The summed E-state index contributed by atoms with van der Waals surface area (Å²) in [7, 11) is -6.33. The molecule has 0 saturated carbocycles. The molecule has 8 nitrogen and oxygen atoms in total. The Balaban J connectivity index is 0.000000393. The average Bonchev–Trinajstić information content (AvgIpc) is 2.96. The van der Waals surface area contributed by atoms with E-state index >= 15 is 0 Å². The average molecular weight is 664 g/mol. The van der Waals surface area contributed by atoms with Crippen LogP contribution in [0.4, 0.5) is 8.63 Å². The number of hydrogen-bond donors (Lipinski definition) is 0. The molecule has 260 valence electrons. The van der Waals surface area contributed by atoms with Crippen molar-refractivity contribution in [2.45, 2.75) is 109 Å². The largest absolute Gasteiger partial charge is 0.867 e. The first-order chi connectivity index (χ1) is 22.4. The summed E-state index contributed by atoms with van der Waals surface area (Å²) in [5, 5.41) is 33.2. The van der Waals surface area contributed by atoms with Gasteiger partial charge in [-0.3, -0.25) is 0 Å². The molecule has 0 atom stereocenters. The van der Waals surface area contributed by atoms with Crippen molar-refractivity contribution in [3.8, 4) is 22.3 Å². The summed E-state index contributed by atoms with van der Waals surface area (Å²) in [6, 6.07) is 18.3. The number of nitrogens with zero attached hydrogens (tertiary/aromatic N) is 4. The fourth-order valence-corrected chi connectivity index (χ4v) is 6.36. The molecule has 4 heterocycles. The first-order valence-corrected chi connectivity index (χ1v) is 16.4. The minimum Gasteiger partial charge on any atom is -0.867 e. The van der Waals surface area contributed by atoms with Gasteiger partial charge in [-0.15, -0.1) is 0 Å². The second-order valence-corrected chi connectivity index (χ2v) is 11.6. The number of aromatic nitrogens is 4. The van der Waals surface area contributed by atoms with Gasteiger partial charge in [0.05, 0.1) is 0 Å². The molecule has 0 unspecified atom stereocenters. The summed E-state index contributed by atoms with van der Waals surface area (Å²) < 4.78 is 29.2. The van der Waals surface area contributed by atoms with Crippen LogP contribution in [-0.4, -0.2) is 14.8 Å². The summed E-state index contributed by atoms with van der Waals surface area (Å²) in [4.78, 5) is 0. The molecule has 48 heavy (non-hydrogen) atoms. The van der Waals surface area contributed by atoms with Crippen LogP contribution in [0.15, 0.2) is 48.5 Å². The van der Waals surface area contributed by atoms with Crippen LogP contribution in [0.5, 0.6) is 0 Å². The van der Waals surface area contributed by atoms with Crippen LogP contribution in [-0.2, 0) is 26.2 Å². The van der Waals surface area contributed by atoms with Crippen molar-refractivity contribution in [3.63, 3.8) is 0 Å². The molecule has 0 spiro atoms. The van der Waals surface area contributed by atoms with Crippen LogP contribution >= 0.6 is 0 Å². The lowest BCUT2D eigenvalue weighted by Crippen LogP contribution is -2.39. The fourth-order valence-electron chi connectivity index (χ4n) is 6.36. The van der Waals surface area contributed by atoms with Gasteiger partial charge < -0.3 is 28.7 Å². The highest BCUT2D eigenvalue weighted by Gasteiger charge is 2.17. The van der Waals surface area contributed by atoms with Gasteiger partial charge >= 0.3 is 0 Å².